The lowest BCUT2D eigenvalue weighted by molar-refractivity contribution is -0.120. The van der Waals surface area contributed by atoms with Crippen LogP contribution in [0.2, 0.25) is 0 Å². The number of rotatable bonds is 2. The molecule has 1 aliphatic rings. The van der Waals surface area contributed by atoms with Crippen molar-refractivity contribution in [3.63, 3.8) is 0 Å². The summed E-state index contributed by atoms with van der Waals surface area (Å²) in [5.74, 6) is -1.29. The largest absolute Gasteiger partial charge is 0.340 e. The van der Waals surface area contributed by atoms with Gasteiger partial charge in [0.05, 0.1) is 11.0 Å². The Morgan fingerprint density at radius 1 is 1.33 bits per heavy atom. The fourth-order valence-electron chi connectivity index (χ4n) is 2.72. The SMILES string of the molecule is CN1CCCN(C=O)C(c2nc3cc(F)c(F)cc3[nH]2)C1. The molecule has 3 rings (SSSR count). The van der Waals surface area contributed by atoms with Gasteiger partial charge in [-0.05, 0) is 20.0 Å². The standard InChI is InChI=1S/C14H16F2N4O/c1-19-3-2-4-20(8-21)13(7-19)14-17-11-5-9(15)10(16)6-12(11)18-14/h5-6,8,13H,2-4,7H2,1H3,(H,17,18). The summed E-state index contributed by atoms with van der Waals surface area (Å²) >= 11 is 0. The van der Waals surface area contributed by atoms with Crippen molar-refractivity contribution in [2.24, 2.45) is 0 Å². The van der Waals surface area contributed by atoms with Crippen LogP contribution in [0.4, 0.5) is 8.78 Å². The topological polar surface area (TPSA) is 52.2 Å². The van der Waals surface area contributed by atoms with Crippen LogP contribution in [0.15, 0.2) is 12.1 Å². The fraction of sp³-hybridized carbons (Fsp3) is 0.429. The quantitative estimate of drug-likeness (QED) is 0.857. The Labute approximate surface area is 120 Å². The lowest BCUT2D eigenvalue weighted by atomic mass is 10.2. The van der Waals surface area contributed by atoms with Crippen LogP contribution in [0.3, 0.4) is 0 Å². The van der Waals surface area contributed by atoms with Crippen LogP contribution in [-0.4, -0.2) is 52.9 Å². The lowest BCUT2D eigenvalue weighted by Crippen LogP contribution is -2.33. The summed E-state index contributed by atoms with van der Waals surface area (Å²) in [7, 11) is 1.98. The predicted octanol–water partition coefficient (Wildman–Crippen LogP) is 1.68. The number of imidazole rings is 1. The first kappa shape index (κ1) is 13.9. The van der Waals surface area contributed by atoms with E-state index in [0.717, 1.165) is 31.5 Å². The number of amides is 1. The van der Waals surface area contributed by atoms with Crippen molar-refractivity contribution in [3.05, 3.63) is 29.6 Å². The molecule has 112 valence electrons. The van der Waals surface area contributed by atoms with Crippen LogP contribution in [0.5, 0.6) is 0 Å². The van der Waals surface area contributed by atoms with Crippen molar-refractivity contribution in [1.82, 2.24) is 19.8 Å². The average molecular weight is 294 g/mol. The second kappa shape index (κ2) is 5.40. The molecular weight excluding hydrogens is 278 g/mol. The highest BCUT2D eigenvalue weighted by Gasteiger charge is 2.26. The van der Waals surface area contributed by atoms with Gasteiger partial charge >= 0.3 is 0 Å². The van der Waals surface area contributed by atoms with E-state index in [2.05, 4.69) is 14.9 Å². The Morgan fingerprint density at radius 3 is 2.86 bits per heavy atom. The normalized spacial score (nSPS) is 20.7. The zero-order chi connectivity index (χ0) is 15.0. The first-order chi connectivity index (χ1) is 10.1. The second-order valence-corrected chi connectivity index (χ2v) is 5.38. The van der Waals surface area contributed by atoms with Gasteiger partial charge in [0.25, 0.3) is 0 Å². The Hall–Kier alpha value is -2.02. The molecule has 21 heavy (non-hydrogen) atoms. The molecule has 1 atom stereocenters. The number of halogens is 2. The maximum Gasteiger partial charge on any atom is 0.210 e. The molecule has 1 saturated heterocycles. The Kier molecular flexibility index (Phi) is 3.59. The van der Waals surface area contributed by atoms with E-state index in [9.17, 15) is 13.6 Å². The molecule has 0 aliphatic carbocycles. The highest BCUT2D eigenvalue weighted by Crippen LogP contribution is 2.24. The summed E-state index contributed by atoms with van der Waals surface area (Å²) in [6.07, 6.45) is 1.69. The number of nitrogens with zero attached hydrogens (tertiary/aromatic N) is 3. The number of carbonyl (C=O) groups is 1. The summed E-state index contributed by atoms with van der Waals surface area (Å²) in [5.41, 5.74) is 0.795. The molecule has 2 heterocycles. The molecule has 2 aromatic rings. The first-order valence-electron chi connectivity index (χ1n) is 6.82. The van der Waals surface area contributed by atoms with Crippen molar-refractivity contribution >= 4 is 17.4 Å². The van der Waals surface area contributed by atoms with Gasteiger partial charge in [0.1, 0.15) is 11.9 Å². The van der Waals surface area contributed by atoms with Gasteiger partial charge in [0.15, 0.2) is 11.6 Å². The number of carbonyl (C=O) groups excluding carboxylic acids is 1. The molecule has 7 heteroatoms. The van der Waals surface area contributed by atoms with Crippen LogP contribution in [0.1, 0.15) is 18.3 Å². The smallest absolute Gasteiger partial charge is 0.210 e. The minimum absolute atomic E-state index is 0.242. The zero-order valence-corrected chi connectivity index (χ0v) is 11.6. The summed E-state index contributed by atoms with van der Waals surface area (Å²) < 4.78 is 26.5. The van der Waals surface area contributed by atoms with Crippen molar-refractivity contribution in [2.45, 2.75) is 12.5 Å². The number of aromatic amines is 1. The van der Waals surface area contributed by atoms with Gasteiger partial charge in [0.2, 0.25) is 6.41 Å². The minimum Gasteiger partial charge on any atom is -0.340 e. The number of nitrogens with one attached hydrogen (secondary N) is 1. The number of hydrogen-bond acceptors (Lipinski definition) is 3. The van der Waals surface area contributed by atoms with E-state index >= 15 is 0 Å². The number of aromatic nitrogens is 2. The van der Waals surface area contributed by atoms with Gasteiger partial charge in [-0.15, -0.1) is 0 Å². The van der Waals surface area contributed by atoms with E-state index in [4.69, 9.17) is 0 Å². The van der Waals surface area contributed by atoms with E-state index in [0.29, 0.717) is 29.9 Å². The number of H-pyrrole nitrogens is 1. The Balaban J connectivity index is 2.02. The van der Waals surface area contributed by atoms with Crippen LogP contribution < -0.4 is 0 Å². The highest BCUT2D eigenvalue weighted by molar-refractivity contribution is 5.75. The highest BCUT2D eigenvalue weighted by atomic mass is 19.2. The summed E-state index contributed by atoms with van der Waals surface area (Å²) in [6.45, 7) is 2.16. The van der Waals surface area contributed by atoms with E-state index in [1.807, 2.05) is 7.05 Å². The number of hydrogen-bond donors (Lipinski definition) is 1. The number of benzene rings is 1. The molecule has 0 spiro atoms. The predicted molar refractivity (Wildman–Crippen MR) is 73.6 cm³/mol. The van der Waals surface area contributed by atoms with E-state index in [1.165, 1.54) is 0 Å². The third-order valence-electron chi connectivity index (χ3n) is 3.83. The number of fused-ring (bicyclic) bond motifs is 1. The molecule has 0 radical (unpaired) electrons. The molecule has 5 nitrogen and oxygen atoms in total. The van der Waals surface area contributed by atoms with E-state index < -0.39 is 11.6 Å². The summed E-state index contributed by atoms with van der Waals surface area (Å²) in [4.78, 5) is 22.4. The van der Waals surface area contributed by atoms with E-state index in [-0.39, 0.29) is 6.04 Å². The van der Waals surface area contributed by atoms with Crippen molar-refractivity contribution < 1.29 is 13.6 Å². The first-order valence-corrected chi connectivity index (χ1v) is 6.82. The molecule has 1 fully saturated rings. The zero-order valence-electron chi connectivity index (χ0n) is 11.6. The molecule has 1 aromatic carbocycles. The second-order valence-electron chi connectivity index (χ2n) is 5.38. The van der Waals surface area contributed by atoms with Crippen LogP contribution in [0, 0.1) is 11.6 Å². The summed E-state index contributed by atoms with van der Waals surface area (Å²) in [6, 6.07) is 1.91. The minimum atomic E-state index is -0.925. The monoisotopic (exact) mass is 294 g/mol. The average Bonchev–Trinajstić information content (AvgIpc) is 2.74. The Morgan fingerprint density at radius 2 is 2.10 bits per heavy atom. The lowest BCUT2D eigenvalue weighted by Gasteiger charge is -2.25. The van der Waals surface area contributed by atoms with Gasteiger partial charge < -0.3 is 14.8 Å². The van der Waals surface area contributed by atoms with Gasteiger partial charge in [-0.3, -0.25) is 4.79 Å². The van der Waals surface area contributed by atoms with Crippen molar-refractivity contribution in [1.29, 1.82) is 0 Å². The molecule has 0 bridgehead atoms. The van der Waals surface area contributed by atoms with Crippen LogP contribution >= 0.6 is 0 Å². The number of likely N-dealkylation sites (N-methyl/N-ethyl adjacent to an activating group) is 1. The maximum absolute atomic E-state index is 13.3. The molecule has 1 amide bonds. The molecule has 0 saturated carbocycles. The van der Waals surface area contributed by atoms with Crippen molar-refractivity contribution in [2.75, 3.05) is 26.7 Å². The summed E-state index contributed by atoms with van der Waals surface area (Å²) in [5, 5.41) is 0. The van der Waals surface area contributed by atoms with Gasteiger partial charge in [0, 0.05) is 25.2 Å². The molecular formula is C14H16F2N4O. The third kappa shape index (κ3) is 2.61. The maximum atomic E-state index is 13.3. The third-order valence-corrected chi connectivity index (χ3v) is 3.83. The van der Waals surface area contributed by atoms with Crippen molar-refractivity contribution in [3.8, 4) is 0 Å². The van der Waals surface area contributed by atoms with Gasteiger partial charge in [-0.25, -0.2) is 13.8 Å². The van der Waals surface area contributed by atoms with Crippen LogP contribution in [-0.2, 0) is 4.79 Å². The molecule has 1 aromatic heterocycles. The van der Waals surface area contributed by atoms with Gasteiger partial charge in [-0.1, -0.05) is 0 Å². The van der Waals surface area contributed by atoms with Crippen LogP contribution in [0.25, 0.3) is 11.0 Å². The molecule has 1 N–H and O–H groups in total. The van der Waals surface area contributed by atoms with Gasteiger partial charge in [-0.2, -0.15) is 0 Å². The molecule has 1 aliphatic heterocycles. The fourth-order valence-corrected chi connectivity index (χ4v) is 2.72. The Bertz CT molecular complexity index is 633. The van der Waals surface area contributed by atoms with E-state index in [1.54, 1.807) is 4.90 Å². The molecule has 1 unspecified atom stereocenters.